The molecule has 3 unspecified atom stereocenters. The Kier molecular flexibility index (Phi) is 2.38. The topological polar surface area (TPSA) is 48.1 Å². The van der Waals surface area contributed by atoms with E-state index < -0.39 is 0 Å². The van der Waals surface area contributed by atoms with Gasteiger partial charge in [-0.1, -0.05) is 18.2 Å². The van der Waals surface area contributed by atoms with E-state index in [0.29, 0.717) is 18.0 Å². The predicted octanol–water partition coefficient (Wildman–Crippen LogP) is 1.45. The van der Waals surface area contributed by atoms with Crippen molar-refractivity contribution in [2.45, 2.75) is 24.4 Å². The van der Waals surface area contributed by atoms with Gasteiger partial charge >= 0.3 is 0 Å². The highest BCUT2D eigenvalue weighted by Gasteiger charge is 2.44. The van der Waals surface area contributed by atoms with Gasteiger partial charge in [-0.05, 0) is 18.1 Å². The second-order valence-corrected chi connectivity index (χ2v) is 5.53. The van der Waals surface area contributed by atoms with Crippen LogP contribution in [0.4, 0.5) is 0 Å². The summed E-state index contributed by atoms with van der Waals surface area (Å²) in [6.07, 6.45) is 4.20. The summed E-state index contributed by atoms with van der Waals surface area (Å²) in [4.78, 5) is 16.5. The van der Waals surface area contributed by atoms with E-state index in [1.165, 1.54) is 16.5 Å². The lowest BCUT2D eigenvalue weighted by Crippen LogP contribution is -2.36. The number of likely N-dealkylation sites (tertiary alicyclic amines) is 1. The van der Waals surface area contributed by atoms with Gasteiger partial charge in [-0.25, -0.2) is 0 Å². The molecule has 1 amide bonds. The van der Waals surface area contributed by atoms with Gasteiger partial charge in [0.15, 0.2) is 0 Å². The Hall–Kier alpha value is -1.81. The molecule has 2 N–H and O–H groups in total. The van der Waals surface area contributed by atoms with Gasteiger partial charge in [-0.2, -0.15) is 0 Å². The van der Waals surface area contributed by atoms with Gasteiger partial charge in [0.2, 0.25) is 6.41 Å². The third-order valence-electron chi connectivity index (χ3n) is 4.66. The zero-order chi connectivity index (χ0) is 12.8. The van der Waals surface area contributed by atoms with E-state index in [2.05, 4.69) is 34.7 Å². The van der Waals surface area contributed by atoms with Crippen molar-refractivity contribution in [3.8, 4) is 0 Å². The molecular weight excluding hydrogens is 238 g/mol. The summed E-state index contributed by atoms with van der Waals surface area (Å²) < 4.78 is 0. The van der Waals surface area contributed by atoms with Crippen molar-refractivity contribution >= 4 is 17.3 Å². The van der Waals surface area contributed by atoms with Crippen molar-refractivity contribution in [3.63, 3.8) is 0 Å². The Balaban J connectivity index is 1.78. The summed E-state index contributed by atoms with van der Waals surface area (Å²) in [7, 11) is 0. The van der Waals surface area contributed by atoms with Gasteiger partial charge < -0.3 is 15.2 Å². The lowest BCUT2D eigenvalue weighted by Gasteiger charge is -2.25. The largest absolute Gasteiger partial charge is 0.361 e. The van der Waals surface area contributed by atoms with E-state index in [0.717, 1.165) is 25.9 Å². The Morgan fingerprint density at radius 1 is 1.32 bits per heavy atom. The van der Waals surface area contributed by atoms with Crippen LogP contribution in [0.1, 0.15) is 17.9 Å². The van der Waals surface area contributed by atoms with E-state index in [4.69, 9.17) is 0 Å². The maximum Gasteiger partial charge on any atom is 0.210 e. The lowest BCUT2D eigenvalue weighted by molar-refractivity contribution is -0.119. The van der Waals surface area contributed by atoms with Crippen LogP contribution in [0.25, 0.3) is 10.9 Å². The van der Waals surface area contributed by atoms with Gasteiger partial charge in [0.1, 0.15) is 0 Å². The van der Waals surface area contributed by atoms with Crippen molar-refractivity contribution in [1.29, 1.82) is 0 Å². The molecule has 4 nitrogen and oxygen atoms in total. The first-order valence-electron chi connectivity index (χ1n) is 6.89. The van der Waals surface area contributed by atoms with Crippen LogP contribution in [0, 0.1) is 0 Å². The number of nitrogens with one attached hydrogen (secondary N) is 2. The fourth-order valence-corrected chi connectivity index (χ4v) is 3.79. The molecule has 19 heavy (non-hydrogen) atoms. The van der Waals surface area contributed by atoms with Crippen LogP contribution in [0.3, 0.4) is 0 Å². The molecule has 4 heteroatoms. The highest BCUT2D eigenvalue weighted by Crippen LogP contribution is 2.37. The Morgan fingerprint density at radius 3 is 3.11 bits per heavy atom. The molecule has 0 spiro atoms. The predicted molar refractivity (Wildman–Crippen MR) is 74.0 cm³/mol. The Bertz CT molecular complexity index is 621. The average Bonchev–Trinajstić information content (AvgIpc) is 3.12. The minimum atomic E-state index is 0.316. The molecule has 0 radical (unpaired) electrons. The normalized spacial score (nSPS) is 29.9. The molecular formula is C15H17N3O. The first-order chi connectivity index (χ1) is 9.38. The number of aromatic amines is 1. The third kappa shape index (κ3) is 1.53. The minimum absolute atomic E-state index is 0.316. The van der Waals surface area contributed by atoms with Crippen LogP contribution in [-0.4, -0.2) is 41.5 Å². The number of fused-ring (bicyclic) bond motifs is 2. The molecule has 1 aromatic carbocycles. The fraction of sp³-hybridized carbons (Fsp3) is 0.400. The van der Waals surface area contributed by atoms with Crippen LogP contribution in [0.2, 0.25) is 0 Å². The van der Waals surface area contributed by atoms with Crippen molar-refractivity contribution in [2.24, 2.45) is 0 Å². The van der Waals surface area contributed by atoms with Crippen LogP contribution in [0.5, 0.6) is 0 Å². The fourth-order valence-electron chi connectivity index (χ4n) is 3.79. The number of amides is 1. The van der Waals surface area contributed by atoms with E-state index in [1.54, 1.807) is 0 Å². The van der Waals surface area contributed by atoms with Gasteiger partial charge in [-0.3, -0.25) is 4.79 Å². The number of para-hydroxylation sites is 1. The molecule has 2 aliphatic rings. The summed E-state index contributed by atoms with van der Waals surface area (Å²) in [6.45, 7) is 1.84. The van der Waals surface area contributed by atoms with Crippen LogP contribution < -0.4 is 5.32 Å². The second-order valence-electron chi connectivity index (χ2n) is 5.53. The van der Waals surface area contributed by atoms with Crippen LogP contribution >= 0.6 is 0 Å². The quantitative estimate of drug-likeness (QED) is 0.798. The molecule has 98 valence electrons. The molecule has 2 saturated heterocycles. The van der Waals surface area contributed by atoms with Crippen LogP contribution in [-0.2, 0) is 4.79 Å². The van der Waals surface area contributed by atoms with Gasteiger partial charge in [0.25, 0.3) is 0 Å². The number of H-pyrrole nitrogens is 1. The number of carbonyl (C=O) groups excluding carboxylic acids is 1. The van der Waals surface area contributed by atoms with Crippen molar-refractivity contribution < 1.29 is 4.79 Å². The summed E-state index contributed by atoms with van der Waals surface area (Å²) >= 11 is 0. The molecule has 2 aromatic rings. The molecule has 3 heterocycles. The molecule has 0 bridgehead atoms. The molecule has 2 aliphatic heterocycles. The summed E-state index contributed by atoms with van der Waals surface area (Å²) in [5.41, 5.74) is 2.51. The van der Waals surface area contributed by atoms with Crippen LogP contribution in [0.15, 0.2) is 30.5 Å². The number of rotatable bonds is 2. The van der Waals surface area contributed by atoms with E-state index in [1.807, 2.05) is 11.0 Å². The zero-order valence-electron chi connectivity index (χ0n) is 10.7. The monoisotopic (exact) mass is 255 g/mol. The Labute approximate surface area is 111 Å². The molecule has 2 fully saturated rings. The highest BCUT2D eigenvalue weighted by molar-refractivity contribution is 5.84. The number of benzene rings is 1. The Morgan fingerprint density at radius 2 is 2.21 bits per heavy atom. The molecule has 4 rings (SSSR count). The zero-order valence-corrected chi connectivity index (χ0v) is 10.7. The minimum Gasteiger partial charge on any atom is -0.361 e. The molecule has 0 aliphatic carbocycles. The van der Waals surface area contributed by atoms with Crippen molar-refractivity contribution in [2.75, 3.05) is 13.1 Å². The van der Waals surface area contributed by atoms with E-state index in [9.17, 15) is 4.79 Å². The summed E-state index contributed by atoms with van der Waals surface area (Å²) in [5, 5.41) is 4.86. The third-order valence-corrected chi connectivity index (χ3v) is 4.66. The van der Waals surface area contributed by atoms with Crippen molar-refractivity contribution in [1.82, 2.24) is 15.2 Å². The molecule has 1 aromatic heterocycles. The highest BCUT2D eigenvalue weighted by atomic mass is 16.1. The van der Waals surface area contributed by atoms with Gasteiger partial charge in [0.05, 0.1) is 6.04 Å². The van der Waals surface area contributed by atoms with Crippen molar-refractivity contribution in [3.05, 3.63) is 36.0 Å². The average molecular weight is 255 g/mol. The number of aromatic nitrogens is 1. The smallest absolute Gasteiger partial charge is 0.210 e. The summed E-state index contributed by atoms with van der Waals surface area (Å²) in [5.74, 6) is 0.397. The van der Waals surface area contributed by atoms with Gasteiger partial charge in [0, 0.05) is 42.1 Å². The molecule has 3 atom stereocenters. The number of carbonyl (C=O) groups is 1. The van der Waals surface area contributed by atoms with E-state index in [-0.39, 0.29) is 0 Å². The first-order valence-corrected chi connectivity index (χ1v) is 6.89. The van der Waals surface area contributed by atoms with E-state index >= 15 is 0 Å². The number of nitrogens with zero attached hydrogens (tertiary/aromatic N) is 1. The van der Waals surface area contributed by atoms with Gasteiger partial charge in [-0.15, -0.1) is 0 Å². The second kappa shape index (κ2) is 4.10. The number of hydrogen-bond acceptors (Lipinski definition) is 2. The SMILES string of the molecule is O=CN1CCC2NCC(c3c[nH]c4ccccc34)C21. The maximum absolute atomic E-state index is 11.2. The first kappa shape index (κ1) is 11.1. The summed E-state index contributed by atoms with van der Waals surface area (Å²) in [6, 6.07) is 9.16. The molecule has 0 saturated carbocycles. The lowest BCUT2D eigenvalue weighted by atomic mass is 9.91. The maximum atomic E-state index is 11.2. The number of hydrogen-bond donors (Lipinski definition) is 2. The standard InChI is InChI=1S/C15H17N3O/c19-9-18-6-5-14-15(18)12(8-17-14)11-7-16-13-4-2-1-3-10(11)13/h1-4,7,9,12,14-17H,5-6,8H2.